The van der Waals surface area contributed by atoms with Crippen LogP contribution in [0.4, 0.5) is 18.9 Å². The van der Waals surface area contributed by atoms with E-state index in [9.17, 15) is 13.2 Å². The summed E-state index contributed by atoms with van der Waals surface area (Å²) in [5.74, 6) is 0. The first kappa shape index (κ1) is 16.2. The highest BCUT2D eigenvalue weighted by Crippen LogP contribution is 2.34. The van der Waals surface area contributed by atoms with Gasteiger partial charge in [0.05, 0.1) is 16.3 Å². The molecule has 0 aliphatic rings. The molecule has 0 aliphatic carbocycles. The van der Waals surface area contributed by atoms with Crippen LogP contribution >= 0.6 is 27.5 Å². The second kappa shape index (κ2) is 6.28. The van der Waals surface area contributed by atoms with Crippen LogP contribution in [0.1, 0.15) is 24.1 Å². The topological polar surface area (TPSA) is 12.0 Å². The Hall–Kier alpha value is -1.20. The van der Waals surface area contributed by atoms with Crippen molar-refractivity contribution in [3.05, 3.63) is 63.1 Å². The molecular weight excluding hydrogens is 367 g/mol. The largest absolute Gasteiger partial charge is 0.416 e. The molecule has 112 valence electrons. The molecular formula is C15H12BrClF3N. The summed E-state index contributed by atoms with van der Waals surface area (Å²) < 4.78 is 38.7. The Bertz CT molecular complexity index is 626. The molecule has 1 atom stereocenters. The Morgan fingerprint density at radius 2 is 1.71 bits per heavy atom. The molecule has 0 saturated heterocycles. The number of anilines is 1. The molecule has 0 heterocycles. The van der Waals surface area contributed by atoms with Gasteiger partial charge in [0.25, 0.3) is 0 Å². The molecule has 0 amide bonds. The summed E-state index contributed by atoms with van der Waals surface area (Å²) in [6.45, 7) is 1.91. The monoisotopic (exact) mass is 377 g/mol. The van der Waals surface area contributed by atoms with E-state index in [0.29, 0.717) is 5.69 Å². The van der Waals surface area contributed by atoms with Crippen molar-refractivity contribution in [3.63, 3.8) is 0 Å². The van der Waals surface area contributed by atoms with Gasteiger partial charge in [-0.25, -0.2) is 0 Å². The Morgan fingerprint density at radius 1 is 1.10 bits per heavy atom. The standard InChI is InChI=1S/C15H12BrClF3N/c1-9(10-2-5-12(16)6-3-10)21-14-7-4-11(8-13(14)17)15(18,19)20/h2-9,21H,1H3. The van der Waals surface area contributed by atoms with Crippen LogP contribution in [-0.4, -0.2) is 0 Å². The maximum Gasteiger partial charge on any atom is 0.416 e. The van der Waals surface area contributed by atoms with Gasteiger partial charge < -0.3 is 5.32 Å². The van der Waals surface area contributed by atoms with E-state index in [4.69, 9.17) is 11.6 Å². The second-order valence-corrected chi connectivity index (χ2v) is 5.93. The van der Waals surface area contributed by atoms with Crippen molar-refractivity contribution in [2.24, 2.45) is 0 Å². The lowest BCUT2D eigenvalue weighted by Crippen LogP contribution is -2.09. The van der Waals surface area contributed by atoms with Crippen molar-refractivity contribution >= 4 is 33.2 Å². The van der Waals surface area contributed by atoms with E-state index >= 15 is 0 Å². The number of rotatable bonds is 3. The lowest BCUT2D eigenvalue weighted by Gasteiger charge is -2.18. The fourth-order valence-electron chi connectivity index (χ4n) is 1.88. The number of alkyl halides is 3. The highest BCUT2D eigenvalue weighted by molar-refractivity contribution is 9.10. The molecule has 1 unspecified atom stereocenters. The van der Waals surface area contributed by atoms with Crippen LogP contribution in [0.5, 0.6) is 0 Å². The summed E-state index contributed by atoms with van der Waals surface area (Å²) in [5, 5.41) is 3.16. The first-order valence-electron chi connectivity index (χ1n) is 6.16. The van der Waals surface area contributed by atoms with Gasteiger partial charge in [-0.05, 0) is 42.8 Å². The van der Waals surface area contributed by atoms with Gasteiger partial charge in [0.1, 0.15) is 0 Å². The van der Waals surface area contributed by atoms with Crippen LogP contribution in [-0.2, 0) is 6.18 Å². The molecule has 0 bridgehead atoms. The molecule has 1 N–H and O–H groups in total. The van der Waals surface area contributed by atoms with Crippen LogP contribution in [0.3, 0.4) is 0 Å². The molecule has 0 aromatic heterocycles. The van der Waals surface area contributed by atoms with E-state index in [1.165, 1.54) is 6.07 Å². The Morgan fingerprint density at radius 3 is 2.24 bits per heavy atom. The molecule has 2 aromatic rings. The Kier molecular flexibility index (Phi) is 4.84. The first-order valence-corrected chi connectivity index (χ1v) is 7.33. The zero-order valence-electron chi connectivity index (χ0n) is 11.0. The molecule has 6 heteroatoms. The predicted molar refractivity (Wildman–Crippen MR) is 82.6 cm³/mol. The third-order valence-corrected chi connectivity index (χ3v) is 3.88. The van der Waals surface area contributed by atoms with Crippen molar-refractivity contribution in [1.82, 2.24) is 0 Å². The summed E-state index contributed by atoms with van der Waals surface area (Å²) in [5.41, 5.74) is 0.726. The summed E-state index contributed by atoms with van der Waals surface area (Å²) in [4.78, 5) is 0. The SMILES string of the molecule is CC(Nc1ccc(C(F)(F)F)cc1Cl)c1ccc(Br)cc1. The van der Waals surface area contributed by atoms with Gasteiger partial charge in [-0.2, -0.15) is 13.2 Å². The number of hydrogen-bond acceptors (Lipinski definition) is 1. The van der Waals surface area contributed by atoms with Gasteiger partial charge in [0.2, 0.25) is 0 Å². The molecule has 1 nitrogen and oxygen atoms in total. The van der Waals surface area contributed by atoms with Crippen molar-refractivity contribution < 1.29 is 13.2 Å². The van der Waals surface area contributed by atoms with Crippen molar-refractivity contribution in [3.8, 4) is 0 Å². The highest BCUT2D eigenvalue weighted by Gasteiger charge is 2.30. The van der Waals surface area contributed by atoms with E-state index < -0.39 is 11.7 Å². The molecule has 2 rings (SSSR count). The smallest absolute Gasteiger partial charge is 0.377 e. The van der Waals surface area contributed by atoms with E-state index in [-0.39, 0.29) is 11.1 Å². The van der Waals surface area contributed by atoms with E-state index in [1.54, 1.807) is 0 Å². The highest BCUT2D eigenvalue weighted by atomic mass is 79.9. The number of nitrogens with one attached hydrogen (secondary N) is 1. The van der Waals surface area contributed by atoms with E-state index in [0.717, 1.165) is 22.2 Å². The van der Waals surface area contributed by atoms with Gasteiger partial charge in [-0.3, -0.25) is 0 Å². The zero-order valence-corrected chi connectivity index (χ0v) is 13.4. The van der Waals surface area contributed by atoms with Gasteiger partial charge in [-0.15, -0.1) is 0 Å². The molecule has 21 heavy (non-hydrogen) atoms. The summed E-state index contributed by atoms with van der Waals surface area (Å²) in [6.07, 6.45) is -4.39. The quantitative estimate of drug-likeness (QED) is 0.661. The van der Waals surface area contributed by atoms with Gasteiger partial charge in [0.15, 0.2) is 0 Å². The summed E-state index contributed by atoms with van der Waals surface area (Å²) in [7, 11) is 0. The number of halogens is 5. The lowest BCUT2D eigenvalue weighted by atomic mass is 10.1. The van der Waals surface area contributed by atoms with E-state index in [2.05, 4.69) is 21.2 Å². The van der Waals surface area contributed by atoms with Crippen molar-refractivity contribution in [2.75, 3.05) is 5.32 Å². The fraction of sp³-hybridized carbons (Fsp3) is 0.200. The average molecular weight is 379 g/mol. The van der Waals surface area contributed by atoms with Crippen LogP contribution < -0.4 is 5.32 Å². The molecule has 0 aliphatic heterocycles. The minimum Gasteiger partial charge on any atom is -0.377 e. The van der Waals surface area contributed by atoms with Crippen molar-refractivity contribution in [2.45, 2.75) is 19.1 Å². The van der Waals surface area contributed by atoms with Crippen molar-refractivity contribution in [1.29, 1.82) is 0 Å². The number of benzene rings is 2. The summed E-state index contributed by atoms with van der Waals surface area (Å²) >= 11 is 9.27. The average Bonchev–Trinajstić information content (AvgIpc) is 2.40. The number of hydrogen-bond donors (Lipinski definition) is 1. The van der Waals surface area contributed by atoms with Crippen LogP contribution in [0.15, 0.2) is 46.9 Å². The molecule has 0 fully saturated rings. The maximum atomic E-state index is 12.6. The Labute approximate surface area is 134 Å². The zero-order chi connectivity index (χ0) is 15.6. The fourth-order valence-corrected chi connectivity index (χ4v) is 2.38. The molecule has 0 spiro atoms. The maximum absolute atomic E-state index is 12.6. The minimum absolute atomic E-state index is 0.0498. The third-order valence-electron chi connectivity index (χ3n) is 3.04. The lowest BCUT2D eigenvalue weighted by molar-refractivity contribution is -0.137. The van der Waals surface area contributed by atoms with Crippen LogP contribution in [0.25, 0.3) is 0 Å². The molecule has 0 saturated carbocycles. The normalized spacial score (nSPS) is 13.0. The Balaban J connectivity index is 2.18. The second-order valence-electron chi connectivity index (χ2n) is 4.61. The minimum atomic E-state index is -4.39. The van der Waals surface area contributed by atoms with Gasteiger partial charge in [0, 0.05) is 10.5 Å². The molecule has 0 radical (unpaired) electrons. The van der Waals surface area contributed by atoms with Gasteiger partial charge >= 0.3 is 6.18 Å². The predicted octanol–water partition coefficient (Wildman–Crippen LogP) is 6.29. The first-order chi connectivity index (χ1) is 9.77. The summed E-state index contributed by atoms with van der Waals surface area (Å²) in [6, 6.07) is 10.9. The van der Waals surface area contributed by atoms with Gasteiger partial charge in [-0.1, -0.05) is 39.7 Å². The van der Waals surface area contributed by atoms with Crippen LogP contribution in [0.2, 0.25) is 5.02 Å². The third kappa shape index (κ3) is 4.14. The van der Waals surface area contributed by atoms with Crippen LogP contribution in [0, 0.1) is 0 Å². The van der Waals surface area contributed by atoms with E-state index in [1.807, 2.05) is 31.2 Å². The molecule has 2 aromatic carbocycles.